The molecule has 1 N–H and O–H groups in total. The van der Waals surface area contributed by atoms with Crippen molar-refractivity contribution in [3.05, 3.63) is 188 Å². The maximum absolute atomic E-state index is 6.71. The molecule has 9 aromatic carbocycles. The number of aromatic nitrogens is 1. The molecule has 0 aliphatic carbocycles. The fourth-order valence-corrected chi connectivity index (χ4v) is 8.28. The van der Waals surface area contributed by atoms with Crippen LogP contribution >= 0.6 is 0 Å². The van der Waals surface area contributed by atoms with Gasteiger partial charge in [0, 0.05) is 49.3 Å². The Morgan fingerprint density at radius 1 is 0.396 bits per heavy atom. The Kier molecular flexibility index (Phi) is 6.55. The average Bonchev–Trinajstić information content (AvgIpc) is 3.77. The van der Waals surface area contributed by atoms with E-state index in [1.165, 1.54) is 32.3 Å². The first-order valence-electron chi connectivity index (χ1n) is 18.1. The molecule has 0 saturated carbocycles. The SMILES string of the molecule is c1ccc(-c2cc(-c3ccc4c(c3)c3ccc5c6ccccc6oc5c3n4-c3cccc4ccccc34)ccc2Nc2cccc3ccccc23)cc1. The fourth-order valence-electron chi connectivity index (χ4n) is 8.28. The van der Waals surface area contributed by atoms with Gasteiger partial charge in [-0.1, -0.05) is 140 Å². The Hall–Kier alpha value is -7.10. The first-order chi connectivity index (χ1) is 26.3. The number of hydrogen-bond donors (Lipinski definition) is 1. The van der Waals surface area contributed by atoms with Crippen LogP contribution in [0.1, 0.15) is 0 Å². The minimum absolute atomic E-state index is 0.899. The Morgan fingerprint density at radius 3 is 1.92 bits per heavy atom. The number of nitrogens with zero attached hydrogens (tertiary/aromatic N) is 1. The van der Waals surface area contributed by atoms with E-state index >= 15 is 0 Å². The van der Waals surface area contributed by atoms with Crippen LogP contribution in [-0.4, -0.2) is 4.57 Å². The number of rotatable bonds is 5. The van der Waals surface area contributed by atoms with E-state index in [1.807, 2.05) is 6.07 Å². The van der Waals surface area contributed by atoms with Crippen molar-refractivity contribution < 1.29 is 4.42 Å². The molecule has 3 heteroatoms. The summed E-state index contributed by atoms with van der Waals surface area (Å²) in [7, 11) is 0. The van der Waals surface area contributed by atoms with Gasteiger partial charge in [0.25, 0.3) is 0 Å². The molecule has 0 bridgehead atoms. The van der Waals surface area contributed by atoms with Crippen LogP contribution in [0.3, 0.4) is 0 Å². The first-order valence-corrected chi connectivity index (χ1v) is 18.1. The van der Waals surface area contributed by atoms with Crippen LogP contribution < -0.4 is 5.32 Å². The molecule has 0 saturated heterocycles. The van der Waals surface area contributed by atoms with E-state index in [1.54, 1.807) is 0 Å². The molecule has 2 heterocycles. The van der Waals surface area contributed by atoms with Crippen LogP contribution in [0.2, 0.25) is 0 Å². The second kappa shape index (κ2) is 11.7. The number of anilines is 2. The summed E-state index contributed by atoms with van der Waals surface area (Å²) in [6.45, 7) is 0. The topological polar surface area (TPSA) is 30.1 Å². The van der Waals surface area contributed by atoms with Crippen LogP contribution in [0.25, 0.3) is 93.2 Å². The van der Waals surface area contributed by atoms with Gasteiger partial charge in [0.1, 0.15) is 5.58 Å². The van der Waals surface area contributed by atoms with Gasteiger partial charge in [-0.3, -0.25) is 0 Å². The Bertz CT molecular complexity index is 3190. The lowest BCUT2D eigenvalue weighted by Crippen LogP contribution is -1.96. The largest absolute Gasteiger partial charge is 0.454 e. The second-order valence-electron chi connectivity index (χ2n) is 13.8. The van der Waals surface area contributed by atoms with Gasteiger partial charge in [0.05, 0.1) is 16.7 Å². The minimum atomic E-state index is 0.899. The van der Waals surface area contributed by atoms with Crippen molar-refractivity contribution in [2.24, 2.45) is 0 Å². The molecule has 2 aromatic heterocycles. The van der Waals surface area contributed by atoms with Gasteiger partial charge < -0.3 is 14.3 Å². The maximum atomic E-state index is 6.71. The zero-order valence-electron chi connectivity index (χ0n) is 28.8. The van der Waals surface area contributed by atoms with Gasteiger partial charge in [0.15, 0.2) is 5.58 Å². The van der Waals surface area contributed by atoms with Crippen LogP contribution in [0, 0.1) is 0 Å². The van der Waals surface area contributed by atoms with Gasteiger partial charge in [-0.2, -0.15) is 0 Å². The van der Waals surface area contributed by atoms with Crippen molar-refractivity contribution in [2.75, 3.05) is 5.32 Å². The molecule has 0 unspecified atom stereocenters. The van der Waals surface area contributed by atoms with E-state index in [0.29, 0.717) is 0 Å². The summed E-state index contributed by atoms with van der Waals surface area (Å²) >= 11 is 0. The Labute approximate surface area is 306 Å². The molecule has 0 amide bonds. The Morgan fingerprint density at radius 2 is 1.06 bits per heavy atom. The van der Waals surface area contributed by atoms with Gasteiger partial charge in [-0.15, -0.1) is 0 Å². The molecule has 0 aliphatic heterocycles. The summed E-state index contributed by atoms with van der Waals surface area (Å²) in [6, 6.07) is 67.4. The van der Waals surface area contributed by atoms with Crippen molar-refractivity contribution in [2.45, 2.75) is 0 Å². The van der Waals surface area contributed by atoms with Gasteiger partial charge in [-0.05, 0) is 76.0 Å². The zero-order valence-corrected chi connectivity index (χ0v) is 28.8. The predicted molar refractivity (Wildman–Crippen MR) is 224 cm³/mol. The number of nitrogens with one attached hydrogen (secondary N) is 1. The maximum Gasteiger partial charge on any atom is 0.160 e. The summed E-state index contributed by atoms with van der Waals surface area (Å²) in [5.74, 6) is 0. The molecule has 0 fully saturated rings. The van der Waals surface area contributed by atoms with Crippen molar-refractivity contribution in [3.63, 3.8) is 0 Å². The van der Waals surface area contributed by atoms with Crippen LogP contribution in [0.5, 0.6) is 0 Å². The van der Waals surface area contributed by atoms with E-state index in [4.69, 9.17) is 4.42 Å². The van der Waals surface area contributed by atoms with Crippen molar-refractivity contribution in [1.29, 1.82) is 0 Å². The molecule has 0 spiro atoms. The fraction of sp³-hybridized carbons (Fsp3) is 0. The van der Waals surface area contributed by atoms with Crippen LogP contribution in [0.4, 0.5) is 11.4 Å². The van der Waals surface area contributed by atoms with E-state index in [2.05, 4.69) is 192 Å². The molecule has 248 valence electrons. The van der Waals surface area contributed by atoms with Gasteiger partial charge >= 0.3 is 0 Å². The number of fused-ring (bicyclic) bond motifs is 9. The predicted octanol–water partition coefficient (Wildman–Crippen LogP) is 14.1. The summed E-state index contributed by atoms with van der Waals surface area (Å²) < 4.78 is 9.12. The third-order valence-corrected chi connectivity index (χ3v) is 10.8. The zero-order chi connectivity index (χ0) is 34.9. The Balaban J connectivity index is 1.14. The van der Waals surface area contributed by atoms with Crippen molar-refractivity contribution >= 4 is 76.7 Å². The highest BCUT2D eigenvalue weighted by molar-refractivity contribution is 6.22. The molecule has 0 radical (unpaired) electrons. The summed E-state index contributed by atoms with van der Waals surface area (Å²) in [5.41, 5.74) is 12.0. The van der Waals surface area contributed by atoms with Crippen LogP contribution in [-0.2, 0) is 0 Å². The molecule has 11 aromatic rings. The summed E-state index contributed by atoms with van der Waals surface area (Å²) in [4.78, 5) is 0. The lowest BCUT2D eigenvalue weighted by atomic mass is 9.96. The minimum Gasteiger partial charge on any atom is -0.454 e. The number of furan rings is 1. The smallest absolute Gasteiger partial charge is 0.160 e. The van der Waals surface area contributed by atoms with Gasteiger partial charge in [0.2, 0.25) is 0 Å². The third kappa shape index (κ3) is 4.68. The average molecular weight is 677 g/mol. The highest BCUT2D eigenvalue weighted by Crippen LogP contribution is 2.43. The highest BCUT2D eigenvalue weighted by atomic mass is 16.3. The second-order valence-corrected chi connectivity index (χ2v) is 13.8. The number of hydrogen-bond acceptors (Lipinski definition) is 2. The van der Waals surface area contributed by atoms with Crippen molar-refractivity contribution in [3.8, 4) is 27.9 Å². The van der Waals surface area contributed by atoms with E-state index in [-0.39, 0.29) is 0 Å². The number of para-hydroxylation sites is 1. The molecular weight excluding hydrogens is 645 g/mol. The molecule has 11 rings (SSSR count). The highest BCUT2D eigenvalue weighted by Gasteiger charge is 2.21. The first kappa shape index (κ1) is 29.6. The quantitative estimate of drug-likeness (QED) is 0.197. The molecule has 0 atom stereocenters. The lowest BCUT2D eigenvalue weighted by molar-refractivity contribution is 0.671. The standard InChI is InChI=1S/C50H32N2O/c1-2-12-34(13-3-1)42-30-35(24-28-45(42)51-44-21-10-16-32-14-4-6-18-37(32)44)36-25-29-47-43(31-36)40-26-27-41-39-20-8-9-23-48(39)53-50(41)49(40)52(47)46-22-11-17-33-15-5-7-19-38(33)46/h1-31,51H. The monoisotopic (exact) mass is 676 g/mol. The molecule has 53 heavy (non-hydrogen) atoms. The summed E-state index contributed by atoms with van der Waals surface area (Å²) in [6.07, 6.45) is 0. The normalized spacial score (nSPS) is 11.8. The van der Waals surface area contributed by atoms with Crippen molar-refractivity contribution in [1.82, 2.24) is 4.57 Å². The molecule has 3 nitrogen and oxygen atoms in total. The third-order valence-electron chi connectivity index (χ3n) is 10.8. The molecule has 0 aliphatic rings. The van der Waals surface area contributed by atoms with Crippen LogP contribution in [0.15, 0.2) is 192 Å². The van der Waals surface area contributed by atoms with E-state index in [0.717, 1.165) is 72.3 Å². The number of benzene rings is 9. The lowest BCUT2D eigenvalue weighted by Gasteiger charge is -2.16. The summed E-state index contributed by atoms with van der Waals surface area (Å²) in [5, 5.41) is 13.2. The van der Waals surface area contributed by atoms with E-state index in [9.17, 15) is 0 Å². The van der Waals surface area contributed by atoms with Gasteiger partial charge in [-0.25, -0.2) is 0 Å². The molecular formula is C50H32N2O. The van der Waals surface area contributed by atoms with E-state index < -0.39 is 0 Å².